The highest BCUT2D eigenvalue weighted by Crippen LogP contribution is 2.30. The van der Waals surface area contributed by atoms with Crippen LogP contribution in [-0.2, 0) is 10.2 Å². The van der Waals surface area contributed by atoms with Crippen molar-refractivity contribution >= 4 is 28.6 Å². The average molecular weight is 346 g/mol. The molecule has 0 atom stereocenters. The molecule has 0 radical (unpaired) electrons. The van der Waals surface area contributed by atoms with Crippen LogP contribution >= 0.6 is 0 Å². The zero-order valence-electron chi connectivity index (χ0n) is 15.2. The number of hydrogen-bond acceptors (Lipinski definition) is 3. The molecule has 0 bridgehead atoms. The number of aromatic hydroxyl groups is 1. The van der Waals surface area contributed by atoms with E-state index in [0.29, 0.717) is 16.6 Å². The summed E-state index contributed by atoms with van der Waals surface area (Å²) in [7, 11) is 0. The fourth-order valence-electron chi connectivity index (χ4n) is 2.66. The molecular weight excluding hydrogens is 324 g/mol. The van der Waals surface area contributed by atoms with E-state index in [1.54, 1.807) is 12.1 Å². The third kappa shape index (κ3) is 3.91. The van der Waals surface area contributed by atoms with Crippen LogP contribution in [0.4, 0.5) is 5.69 Å². The number of nitrogens with one attached hydrogen (secondary N) is 1. The predicted molar refractivity (Wildman–Crippen MR) is 106 cm³/mol. The van der Waals surface area contributed by atoms with Gasteiger partial charge in [0.1, 0.15) is 11.4 Å². The van der Waals surface area contributed by atoms with Crippen molar-refractivity contribution < 1.29 is 9.90 Å². The molecule has 1 heterocycles. The van der Waals surface area contributed by atoms with E-state index < -0.39 is 0 Å². The van der Waals surface area contributed by atoms with Crippen LogP contribution in [0, 0.1) is 0 Å². The lowest BCUT2D eigenvalue weighted by atomic mass is 9.87. The molecule has 2 N–H and O–H groups in total. The van der Waals surface area contributed by atoms with Crippen LogP contribution in [0.1, 0.15) is 31.9 Å². The molecule has 0 saturated heterocycles. The highest BCUT2D eigenvalue weighted by Gasteiger charge is 2.12. The maximum Gasteiger partial charge on any atom is 0.248 e. The van der Waals surface area contributed by atoms with Gasteiger partial charge in [-0.1, -0.05) is 57.2 Å². The first-order chi connectivity index (χ1) is 12.3. The lowest BCUT2D eigenvalue weighted by Gasteiger charge is -2.18. The van der Waals surface area contributed by atoms with Gasteiger partial charge in [0, 0.05) is 11.5 Å². The van der Waals surface area contributed by atoms with Gasteiger partial charge in [0.25, 0.3) is 0 Å². The molecule has 26 heavy (non-hydrogen) atoms. The number of pyridine rings is 1. The number of benzene rings is 2. The minimum Gasteiger partial charge on any atom is -0.505 e. The first kappa shape index (κ1) is 17.7. The standard InChI is InChI=1S/C22H22N2O2/c1-22(2,3)16-11-8-15(9-12-16)10-13-20(25)24-19-14-23-18-7-5-4-6-17(18)21(19)26/h4-14H,1-3H3,(H,23,26)(H,24,25). The van der Waals surface area contributed by atoms with Gasteiger partial charge in [0.15, 0.2) is 0 Å². The number of aromatic nitrogens is 1. The van der Waals surface area contributed by atoms with Crippen molar-refractivity contribution in [3.05, 3.63) is 71.9 Å². The smallest absolute Gasteiger partial charge is 0.248 e. The topological polar surface area (TPSA) is 62.2 Å². The number of rotatable bonds is 3. The van der Waals surface area contributed by atoms with Crippen molar-refractivity contribution in [2.75, 3.05) is 5.32 Å². The Balaban J connectivity index is 1.73. The number of hydrogen-bond donors (Lipinski definition) is 2. The summed E-state index contributed by atoms with van der Waals surface area (Å²) in [6.45, 7) is 6.49. The van der Waals surface area contributed by atoms with Crippen molar-refractivity contribution in [2.24, 2.45) is 0 Å². The van der Waals surface area contributed by atoms with E-state index in [1.165, 1.54) is 17.8 Å². The number of amides is 1. The second kappa shape index (κ2) is 7.00. The van der Waals surface area contributed by atoms with Gasteiger partial charge >= 0.3 is 0 Å². The first-order valence-corrected chi connectivity index (χ1v) is 8.51. The van der Waals surface area contributed by atoms with Gasteiger partial charge in [-0.2, -0.15) is 0 Å². The molecule has 0 aliphatic heterocycles. The summed E-state index contributed by atoms with van der Waals surface area (Å²) >= 11 is 0. The van der Waals surface area contributed by atoms with E-state index in [-0.39, 0.29) is 17.1 Å². The van der Waals surface area contributed by atoms with Gasteiger partial charge in [-0.25, -0.2) is 0 Å². The largest absolute Gasteiger partial charge is 0.505 e. The van der Waals surface area contributed by atoms with Gasteiger partial charge in [-0.3, -0.25) is 9.78 Å². The first-order valence-electron chi connectivity index (χ1n) is 8.51. The molecule has 0 aliphatic carbocycles. The summed E-state index contributed by atoms with van der Waals surface area (Å²) < 4.78 is 0. The van der Waals surface area contributed by atoms with Gasteiger partial charge in [-0.05, 0) is 34.8 Å². The van der Waals surface area contributed by atoms with Crippen LogP contribution in [0.3, 0.4) is 0 Å². The van der Waals surface area contributed by atoms with E-state index in [9.17, 15) is 9.90 Å². The van der Waals surface area contributed by atoms with E-state index in [4.69, 9.17) is 0 Å². The van der Waals surface area contributed by atoms with Gasteiger partial charge in [0.2, 0.25) is 5.91 Å². The number of carbonyl (C=O) groups excluding carboxylic acids is 1. The van der Waals surface area contributed by atoms with E-state index in [0.717, 1.165) is 5.56 Å². The van der Waals surface area contributed by atoms with E-state index in [1.807, 2.05) is 30.3 Å². The minimum absolute atomic E-state index is 0.0203. The average Bonchev–Trinajstić information content (AvgIpc) is 2.62. The lowest BCUT2D eigenvalue weighted by Crippen LogP contribution is -2.10. The highest BCUT2D eigenvalue weighted by atomic mass is 16.3. The molecule has 0 spiro atoms. The molecule has 0 fully saturated rings. The molecule has 0 saturated carbocycles. The quantitative estimate of drug-likeness (QED) is 0.664. The van der Waals surface area contributed by atoms with Crippen LogP contribution < -0.4 is 5.32 Å². The SMILES string of the molecule is CC(C)(C)c1ccc(C=CC(=O)Nc2cnc3ccccc3c2O)cc1. The Morgan fingerprint density at radius 2 is 1.77 bits per heavy atom. The zero-order chi connectivity index (χ0) is 18.7. The highest BCUT2D eigenvalue weighted by molar-refractivity contribution is 6.04. The van der Waals surface area contributed by atoms with Crippen LogP contribution in [0.5, 0.6) is 5.75 Å². The molecule has 3 aromatic rings. The molecule has 4 nitrogen and oxygen atoms in total. The number of nitrogens with zero attached hydrogens (tertiary/aromatic N) is 1. The summed E-state index contributed by atoms with van der Waals surface area (Å²) in [5, 5.41) is 13.6. The Morgan fingerprint density at radius 3 is 2.46 bits per heavy atom. The zero-order valence-corrected chi connectivity index (χ0v) is 15.2. The van der Waals surface area contributed by atoms with Crippen molar-refractivity contribution in [3.63, 3.8) is 0 Å². The summed E-state index contributed by atoms with van der Waals surface area (Å²) in [6, 6.07) is 15.3. The van der Waals surface area contributed by atoms with Crippen molar-refractivity contribution in [2.45, 2.75) is 26.2 Å². The molecule has 0 aliphatic rings. The maximum atomic E-state index is 12.2. The summed E-state index contributed by atoms with van der Waals surface area (Å²) in [4.78, 5) is 16.4. The van der Waals surface area contributed by atoms with Crippen molar-refractivity contribution in [1.29, 1.82) is 0 Å². The summed E-state index contributed by atoms with van der Waals surface area (Å²) in [6.07, 6.45) is 4.65. The second-order valence-electron chi connectivity index (χ2n) is 7.23. The van der Waals surface area contributed by atoms with Crippen molar-refractivity contribution in [1.82, 2.24) is 4.98 Å². The molecule has 2 aromatic carbocycles. The van der Waals surface area contributed by atoms with Gasteiger partial charge in [-0.15, -0.1) is 0 Å². The maximum absolute atomic E-state index is 12.2. The van der Waals surface area contributed by atoms with Crippen LogP contribution in [-0.4, -0.2) is 16.0 Å². The Morgan fingerprint density at radius 1 is 1.08 bits per heavy atom. The molecular formula is C22H22N2O2. The van der Waals surface area contributed by atoms with Gasteiger partial charge in [0.05, 0.1) is 11.7 Å². The van der Waals surface area contributed by atoms with E-state index >= 15 is 0 Å². The Kier molecular flexibility index (Phi) is 4.76. The van der Waals surface area contributed by atoms with E-state index in [2.05, 4.69) is 43.2 Å². The second-order valence-corrected chi connectivity index (χ2v) is 7.23. The van der Waals surface area contributed by atoms with Crippen LogP contribution in [0.25, 0.3) is 17.0 Å². The Labute approximate surface area is 153 Å². The molecule has 0 unspecified atom stereocenters. The molecule has 1 aromatic heterocycles. The molecule has 3 rings (SSSR count). The number of fused-ring (bicyclic) bond motifs is 1. The molecule has 4 heteroatoms. The third-order valence-corrected chi connectivity index (χ3v) is 4.21. The normalized spacial score (nSPS) is 11.8. The summed E-state index contributed by atoms with van der Waals surface area (Å²) in [5.74, 6) is -0.302. The van der Waals surface area contributed by atoms with Gasteiger partial charge < -0.3 is 10.4 Å². The monoisotopic (exact) mass is 346 g/mol. The fourth-order valence-corrected chi connectivity index (χ4v) is 2.66. The Bertz CT molecular complexity index is 968. The summed E-state index contributed by atoms with van der Waals surface area (Å²) in [5.41, 5.74) is 3.25. The molecule has 132 valence electrons. The Hall–Kier alpha value is -3.14. The fraction of sp³-hybridized carbons (Fsp3) is 0.182. The van der Waals surface area contributed by atoms with Crippen molar-refractivity contribution in [3.8, 4) is 5.75 Å². The molecule has 1 amide bonds. The minimum atomic E-state index is -0.322. The number of anilines is 1. The van der Waals surface area contributed by atoms with Crippen LogP contribution in [0.2, 0.25) is 0 Å². The predicted octanol–water partition coefficient (Wildman–Crippen LogP) is 4.89. The number of para-hydroxylation sites is 1. The third-order valence-electron chi connectivity index (χ3n) is 4.21. The van der Waals surface area contributed by atoms with Crippen LogP contribution in [0.15, 0.2) is 60.8 Å². The number of carbonyl (C=O) groups is 1. The lowest BCUT2D eigenvalue weighted by molar-refractivity contribution is -0.111.